The van der Waals surface area contributed by atoms with Crippen LogP contribution in [0.15, 0.2) is 53.4 Å². The van der Waals surface area contributed by atoms with Gasteiger partial charge in [-0.15, -0.1) is 0 Å². The molecule has 4 nitrogen and oxygen atoms in total. The molecule has 0 saturated carbocycles. The molecule has 0 radical (unpaired) electrons. The normalized spacial score (nSPS) is 11.6. The molecule has 2 aromatic rings. The van der Waals surface area contributed by atoms with Crippen molar-refractivity contribution in [1.82, 2.24) is 4.31 Å². The lowest BCUT2D eigenvalue weighted by Crippen LogP contribution is -2.22. The van der Waals surface area contributed by atoms with Crippen LogP contribution in [0.5, 0.6) is 0 Å². The maximum atomic E-state index is 12.1. The van der Waals surface area contributed by atoms with Crippen molar-refractivity contribution in [3.05, 3.63) is 59.7 Å². The van der Waals surface area contributed by atoms with Crippen molar-refractivity contribution in [3.8, 4) is 0 Å². The van der Waals surface area contributed by atoms with Gasteiger partial charge >= 0.3 is 0 Å². The summed E-state index contributed by atoms with van der Waals surface area (Å²) in [5, 5.41) is 3.31. The van der Waals surface area contributed by atoms with Gasteiger partial charge in [0, 0.05) is 26.3 Å². The number of hydrogen-bond donors (Lipinski definition) is 1. The van der Waals surface area contributed by atoms with Gasteiger partial charge in [0.2, 0.25) is 10.0 Å². The van der Waals surface area contributed by atoms with E-state index in [0.29, 0.717) is 11.4 Å². The molecular formula is C17H22N2O2S. The Hall–Kier alpha value is -1.85. The van der Waals surface area contributed by atoms with Crippen molar-refractivity contribution in [2.75, 3.05) is 19.4 Å². The largest absolute Gasteiger partial charge is 0.381 e. The Morgan fingerprint density at radius 2 is 1.68 bits per heavy atom. The Morgan fingerprint density at radius 3 is 2.27 bits per heavy atom. The molecule has 0 amide bonds. The molecule has 118 valence electrons. The van der Waals surface area contributed by atoms with E-state index in [-0.39, 0.29) is 0 Å². The summed E-state index contributed by atoms with van der Waals surface area (Å²) in [5.74, 6) is 0. The Kier molecular flexibility index (Phi) is 5.21. The van der Waals surface area contributed by atoms with Crippen LogP contribution in [-0.2, 0) is 23.0 Å². The predicted octanol–water partition coefficient (Wildman–Crippen LogP) is 3.11. The van der Waals surface area contributed by atoms with Gasteiger partial charge in [0.1, 0.15) is 0 Å². The zero-order valence-electron chi connectivity index (χ0n) is 13.2. The first-order valence-corrected chi connectivity index (χ1v) is 8.72. The molecule has 0 aliphatic carbocycles. The molecule has 5 heteroatoms. The van der Waals surface area contributed by atoms with Gasteiger partial charge in [0.05, 0.1) is 4.90 Å². The maximum Gasteiger partial charge on any atom is 0.242 e. The van der Waals surface area contributed by atoms with Gasteiger partial charge in [0.25, 0.3) is 0 Å². The summed E-state index contributed by atoms with van der Waals surface area (Å²) in [6.07, 6.45) is 1.02. The molecule has 0 fully saturated rings. The van der Waals surface area contributed by atoms with Crippen LogP contribution in [0.2, 0.25) is 0 Å². The Balaban J connectivity index is 2.10. The van der Waals surface area contributed by atoms with Crippen molar-refractivity contribution >= 4 is 15.7 Å². The quantitative estimate of drug-likeness (QED) is 0.890. The van der Waals surface area contributed by atoms with Crippen LogP contribution in [0.1, 0.15) is 18.1 Å². The predicted molar refractivity (Wildman–Crippen MR) is 90.5 cm³/mol. The van der Waals surface area contributed by atoms with Gasteiger partial charge in [-0.3, -0.25) is 0 Å². The van der Waals surface area contributed by atoms with Crippen LogP contribution in [0, 0.1) is 0 Å². The van der Waals surface area contributed by atoms with Gasteiger partial charge in [-0.05, 0) is 41.8 Å². The van der Waals surface area contributed by atoms with Gasteiger partial charge in [-0.25, -0.2) is 12.7 Å². The number of hydrogen-bond acceptors (Lipinski definition) is 3. The highest BCUT2D eigenvalue weighted by molar-refractivity contribution is 7.89. The average molecular weight is 318 g/mol. The molecule has 0 atom stereocenters. The molecule has 0 aromatic heterocycles. The fraction of sp³-hybridized carbons (Fsp3) is 0.294. The van der Waals surface area contributed by atoms with Crippen LogP contribution >= 0.6 is 0 Å². The summed E-state index contributed by atoms with van der Waals surface area (Å²) in [4.78, 5) is 0.318. The molecule has 0 saturated heterocycles. The molecule has 2 aromatic carbocycles. The second kappa shape index (κ2) is 6.94. The van der Waals surface area contributed by atoms with Crippen molar-refractivity contribution in [1.29, 1.82) is 0 Å². The fourth-order valence-electron chi connectivity index (χ4n) is 2.09. The zero-order chi connectivity index (χ0) is 16.2. The molecule has 0 unspecified atom stereocenters. The first-order chi connectivity index (χ1) is 10.4. The van der Waals surface area contributed by atoms with Gasteiger partial charge < -0.3 is 5.32 Å². The van der Waals surface area contributed by atoms with Gasteiger partial charge in [0.15, 0.2) is 0 Å². The van der Waals surface area contributed by atoms with Crippen LogP contribution in [0.25, 0.3) is 0 Å². The molecule has 22 heavy (non-hydrogen) atoms. The summed E-state index contributed by atoms with van der Waals surface area (Å²) in [7, 11) is -0.311. The molecule has 1 N–H and O–H groups in total. The summed E-state index contributed by atoms with van der Waals surface area (Å²) in [5.41, 5.74) is 3.25. The number of nitrogens with one attached hydrogen (secondary N) is 1. The van der Waals surface area contributed by atoms with E-state index >= 15 is 0 Å². The Morgan fingerprint density at radius 1 is 1.00 bits per heavy atom. The van der Waals surface area contributed by atoms with Gasteiger partial charge in [-0.2, -0.15) is 0 Å². The lowest BCUT2D eigenvalue weighted by molar-refractivity contribution is 0.520. The van der Waals surface area contributed by atoms with E-state index in [2.05, 4.69) is 24.4 Å². The van der Waals surface area contributed by atoms with Gasteiger partial charge in [-0.1, -0.05) is 31.2 Å². The molecular weight excluding hydrogens is 296 g/mol. The Labute approximate surface area is 132 Å². The van der Waals surface area contributed by atoms with Crippen LogP contribution in [0.3, 0.4) is 0 Å². The SMILES string of the molecule is CCc1ccc(NCc2cccc(S(=O)(=O)N(C)C)c2)cc1. The summed E-state index contributed by atoms with van der Waals surface area (Å²) < 4.78 is 25.5. The topological polar surface area (TPSA) is 49.4 Å². The second-order valence-corrected chi connectivity index (χ2v) is 7.49. The highest BCUT2D eigenvalue weighted by atomic mass is 32.2. The van der Waals surface area contributed by atoms with Crippen molar-refractivity contribution in [2.24, 2.45) is 0 Å². The molecule has 0 aliphatic rings. The minimum atomic E-state index is -3.39. The van der Waals surface area contributed by atoms with Crippen molar-refractivity contribution in [2.45, 2.75) is 24.8 Å². The summed E-state index contributed by atoms with van der Waals surface area (Å²) in [6, 6.07) is 15.3. The van der Waals surface area contributed by atoms with Crippen molar-refractivity contribution < 1.29 is 8.42 Å². The minimum Gasteiger partial charge on any atom is -0.381 e. The fourth-order valence-corrected chi connectivity index (χ4v) is 3.06. The number of sulfonamides is 1. The van der Waals surface area contributed by atoms with E-state index in [1.54, 1.807) is 18.2 Å². The van der Waals surface area contributed by atoms with E-state index in [4.69, 9.17) is 0 Å². The standard InChI is InChI=1S/C17H22N2O2S/c1-4-14-8-10-16(11-9-14)18-13-15-6-5-7-17(12-15)22(20,21)19(2)3/h5-12,18H,4,13H2,1-3H3. The third-order valence-electron chi connectivity index (χ3n) is 3.54. The lowest BCUT2D eigenvalue weighted by atomic mass is 10.1. The number of benzene rings is 2. The van der Waals surface area contributed by atoms with Crippen molar-refractivity contribution in [3.63, 3.8) is 0 Å². The van der Waals surface area contributed by atoms with E-state index < -0.39 is 10.0 Å². The first-order valence-electron chi connectivity index (χ1n) is 7.27. The number of nitrogens with zero attached hydrogens (tertiary/aromatic N) is 1. The van der Waals surface area contributed by atoms with E-state index in [1.807, 2.05) is 18.2 Å². The zero-order valence-corrected chi connectivity index (χ0v) is 14.0. The first kappa shape index (κ1) is 16.5. The number of anilines is 1. The summed E-state index contributed by atoms with van der Waals surface area (Å²) >= 11 is 0. The molecule has 0 spiro atoms. The average Bonchev–Trinajstić information content (AvgIpc) is 2.53. The highest BCUT2D eigenvalue weighted by Crippen LogP contribution is 2.16. The maximum absolute atomic E-state index is 12.1. The number of aryl methyl sites for hydroxylation is 1. The van der Waals surface area contributed by atoms with Crippen LogP contribution in [0.4, 0.5) is 5.69 Å². The molecule has 0 heterocycles. The smallest absolute Gasteiger partial charge is 0.242 e. The molecule has 0 aliphatic heterocycles. The van der Waals surface area contributed by atoms with E-state index in [0.717, 1.165) is 17.7 Å². The third-order valence-corrected chi connectivity index (χ3v) is 5.35. The molecule has 0 bridgehead atoms. The van der Waals surface area contributed by atoms with Crippen LogP contribution < -0.4 is 5.32 Å². The minimum absolute atomic E-state index is 0.318. The van der Waals surface area contributed by atoms with Crippen LogP contribution in [-0.4, -0.2) is 26.8 Å². The second-order valence-electron chi connectivity index (χ2n) is 5.34. The third kappa shape index (κ3) is 3.87. The monoisotopic (exact) mass is 318 g/mol. The highest BCUT2D eigenvalue weighted by Gasteiger charge is 2.16. The number of rotatable bonds is 6. The van der Waals surface area contributed by atoms with E-state index in [1.165, 1.54) is 24.0 Å². The Bertz CT molecular complexity index is 723. The lowest BCUT2D eigenvalue weighted by Gasteiger charge is -2.13. The summed E-state index contributed by atoms with van der Waals surface area (Å²) in [6.45, 7) is 2.71. The molecule has 2 rings (SSSR count). The van der Waals surface area contributed by atoms with E-state index in [9.17, 15) is 8.42 Å².